The lowest BCUT2D eigenvalue weighted by molar-refractivity contribution is -0.893. The summed E-state index contributed by atoms with van der Waals surface area (Å²) in [5, 5.41) is 0. The van der Waals surface area contributed by atoms with Crippen LogP contribution < -0.4 is 15.8 Å². The van der Waals surface area contributed by atoms with Crippen LogP contribution in [0, 0.1) is 5.82 Å². The highest BCUT2D eigenvalue weighted by Crippen LogP contribution is 2.02. The Kier molecular flexibility index (Phi) is 4.52. The quantitative estimate of drug-likeness (QED) is 0.683. The van der Waals surface area contributed by atoms with E-state index in [1.165, 1.54) is 29.2 Å². The minimum absolute atomic E-state index is 0.258. The van der Waals surface area contributed by atoms with Crippen LogP contribution in [0.15, 0.2) is 36.0 Å². The third-order valence-corrected chi connectivity index (χ3v) is 3.33. The van der Waals surface area contributed by atoms with Crippen LogP contribution in [0.3, 0.4) is 0 Å². The summed E-state index contributed by atoms with van der Waals surface area (Å²) in [6.45, 7) is 5.33. The first-order valence-corrected chi connectivity index (χ1v) is 6.53. The second-order valence-electron chi connectivity index (χ2n) is 4.62. The molecule has 0 saturated heterocycles. The lowest BCUT2D eigenvalue weighted by Gasteiger charge is -2.22. The number of benzene rings is 1. The van der Waals surface area contributed by atoms with Gasteiger partial charge in [0.25, 0.3) is 5.91 Å². The van der Waals surface area contributed by atoms with Crippen LogP contribution in [-0.2, 0) is 0 Å². The van der Waals surface area contributed by atoms with Gasteiger partial charge in [-0.25, -0.2) is 4.39 Å². The average Bonchev–Trinajstić information content (AvgIpc) is 2.46. The van der Waals surface area contributed by atoms with Crippen molar-refractivity contribution in [3.63, 3.8) is 0 Å². The topological polar surface area (TPSA) is 45.6 Å². The fraction of sp³-hybridized carbons (Fsp3) is 0.357. The van der Waals surface area contributed by atoms with Gasteiger partial charge >= 0.3 is 0 Å². The highest BCUT2D eigenvalue weighted by atomic mass is 19.1. The molecule has 3 N–H and O–H groups in total. The second kappa shape index (κ2) is 6.33. The van der Waals surface area contributed by atoms with E-state index in [1.807, 2.05) is 0 Å². The fourth-order valence-corrected chi connectivity index (χ4v) is 2.03. The van der Waals surface area contributed by atoms with Crippen molar-refractivity contribution in [3.05, 3.63) is 47.4 Å². The van der Waals surface area contributed by atoms with Crippen LogP contribution in [0.25, 0.3) is 0 Å². The molecule has 0 aromatic heterocycles. The van der Waals surface area contributed by atoms with Gasteiger partial charge in [-0.2, -0.15) is 0 Å². The van der Waals surface area contributed by atoms with Crippen molar-refractivity contribution in [2.24, 2.45) is 0 Å². The van der Waals surface area contributed by atoms with E-state index in [0.29, 0.717) is 5.56 Å². The van der Waals surface area contributed by atoms with E-state index in [0.717, 1.165) is 31.8 Å². The Bertz CT molecular complexity index is 470. The maximum absolute atomic E-state index is 12.7. The maximum Gasteiger partial charge on any atom is 0.269 e. The number of halogens is 1. The van der Waals surface area contributed by atoms with E-state index in [1.54, 1.807) is 0 Å². The molecule has 102 valence electrons. The summed E-state index contributed by atoms with van der Waals surface area (Å²) >= 11 is 0. The summed E-state index contributed by atoms with van der Waals surface area (Å²) in [5.41, 5.74) is 7.04. The Morgan fingerprint density at radius 1 is 1.37 bits per heavy atom. The summed E-state index contributed by atoms with van der Waals surface area (Å²) in [5.74, 6) is -0.603. The second-order valence-corrected chi connectivity index (χ2v) is 4.62. The van der Waals surface area contributed by atoms with Gasteiger partial charge in [0.15, 0.2) is 0 Å². The predicted molar refractivity (Wildman–Crippen MR) is 70.9 cm³/mol. The summed E-state index contributed by atoms with van der Waals surface area (Å²) < 4.78 is 12.7. The van der Waals surface area contributed by atoms with Gasteiger partial charge < -0.3 is 10.3 Å². The summed E-state index contributed by atoms with van der Waals surface area (Å²) in [6.07, 6.45) is 3.03. The molecule has 4 nitrogen and oxygen atoms in total. The summed E-state index contributed by atoms with van der Waals surface area (Å²) in [4.78, 5) is 13.3. The molecule has 1 heterocycles. The van der Waals surface area contributed by atoms with Crippen molar-refractivity contribution < 1.29 is 14.1 Å². The van der Waals surface area contributed by atoms with E-state index >= 15 is 0 Å². The number of hydrazine groups is 1. The number of hydrogen-bond acceptors (Lipinski definition) is 2. The van der Waals surface area contributed by atoms with E-state index in [2.05, 4.69) is 23.9 Å². The predicted octanol–water partition coefficient (Wildman–Crippen LogP) is 0.252. The number of quaternary nitrogens is 1. The Labute approximate surface area is 112 Å². The van der Waals surface area contributed by atoms with Crippen molar-refractivity contribution in [2.45, 2.75) is 13.3 Å². The first-order valence-electron chi connectivity index (χ1n) is 6.53. The van der Waals surface area contributed by atoms with Gasteiger partial charge in [-0.05, 0) is 37.3 Å². The SMILES string of the molecule is CC[NH+]1CC=C(NNC(=O)c2ccc(F)cc2)CC1. The molecule has 1 aromatic rings. The minimum atomic E-state index is -0.345. The van der Waals surface area contributed by atoms with Gasteiger partial charge in [0.2, 0.25) is 0 Å². The number of nitrogens with one attached hydrogen (secondary N) is 3. The number of likely N-dealkylation sites (N-methyl/N-ethyl adjacent to an activating group) is 1. The van der Waals surface area contributed by atoms with Crippen molar-refractivity contribution in [1.82, 2.24) is 10.9 Å². The Balaban J connectivity index is 1.84. The third-order valence-electron chi connectivity index (χ3n) is 3.33. The van der Waals surface area contributed by atoms with Crippen molar-refractivity contribution >= 4 is 5.91 Å². The number of carbonyl (C=O) groups is 1. The Morgan fingerprint density at radius 2 is 2.11 bits per heavy atom. The van der Waals surface area contributed by atoms with E-state index < -0.39 is 0 Å². The van der Waals surface area contributed by atoms with Crippen LogP contribution in [0.5, 0.6) is 0 Å². The van der Waals surface area contributed by atoms with Crippen molar-refractivity contribution in [2.75, 3.05) is 19.6 Å². The average molecular weight is 264 g/mol. The standard InChI is InChI=1S/C14H18FN3O/c1-2-18-9-7-13(8-10-18)16-17-14(19)11-3-5-12(15)6-4-11/h3-7,16H,2,8-10H2,1H3,(H,17,19)/p+1. The highest BCUT2D eigenvalue weighted by molar-refractivity contribution is 5.93. The lowest BCUT2D eigenvalue weighted by atomic mass is 10.2. The Hall–Kier alpha value is -1.88. The first-order chi connectivity index (χ1) is 9.19. The fourth-order valence-electron chi connectivity index (χ4n) is 2.03. The zero-order valence-corrected chi connectivity index (χ0v) is 11.0. The molecule has 0 saturated carbocycles. The largest absolute Gasteiger partial charge is 0.332 e. The van der Waals surface area contributed by atoms with Crippen LogP contribution in [0.1, 0.15) is 23.7 Å². The van der Waals surface area contributed by atoms with Gasteiger partial charge in [-0.15, -0.1) is 0 Å². The number of hydrogen-bond donors (Lipinski definition) is 3. The van der Waals surface area contributed by atoms with E-state index in [-0.39, 0.29) is 11.7 Å². The zero-order chi connectivity index (χ0) is 13.7. The van der Waals surface area contributed by atoms with Gasteiger partial charge in [0, 0.05) is 17.7 Å². The molecule has 1 unspecified atom stereocenters. The molecular weight excluding hydrogens is 245 g/mol. The van der Waals surface area contributed by atoms with Crippen molar-refractivity contribution in [1.29, 1.82) is 0 Å². The molecule has 19 heavy (non-hydrogen) atoms. The molecule has 1 atom stereocenters. The molecule has 1 aliphatic rings. The molecule has 0 fully saturated rings. The van der Waals surface area contributed by atoms with Crippen molar-refractivity contribution in [3.8, 4) is 0 Å². The van der Waals surface area contributed by atoms with Gasteiger partial charge in [0.05, 0.1) is 19.6 Å². The normalized spacial score (nSPS) is 18.6. The van der Waals surface area contributed by atoms with Crippen LogP contribution >= 0.6 is 0 Å². The monoisotopic (exact) mass is 264 g/mol. The van der Waals surface area contributed by atoms with Crippen LogP contribution in [0.4, 0.5) is 4.39 Å². The number of carbonyl (C=O) groups excluding carboxylic acids is 1. The minimum Gasteiger partial charge on any atom is -0.332 e. The van der Waals surface area contributed by atoms with E-state index in [9.17, 15) is 9.18 Å². The maximum atomic E-state index is 12.7. The highest BCUT2D eigenvalue weighted by Gasteiger charge is 2.13. The summed E-state index contributed by atoms with van der Waals surface area (Å²) in [7, 11) is 0. The molecule has 0 bridgehead atoms. The molecule has 0 radical (unpaired) electrons. The third kappa shape index (κ3) is 3.79. The van der Waals surface area contributed by atoms with Crippen LogP contribution in [-0.4, -0.2) is 25.5 Å². The molecule has 2 rings (SSSR count). The molecule has 0 spiro atoms. The van der Waals surface area contributed by atoms with E-state index in [4.69, 9.17) is 0 Å². The smallest absolute Gasteiger partial charge is 0.269 e. The first kappa shape index (κ1) is 13.5. The lowest BCUT2D eigenvalue weighted by Crippen LogP contribution is -3.12. The summed E-state index contributed by atoms with van der Waals surface area (Å²) in [6, 6.07) is 5.48. The molecule has 0 aliphatic carbocycles. The van der Waals surface area contributed by atoms with Gasteiger partial charge in [-0.3, -0.25) is 10.2 Å². The zero-order valence-electron chi connectivity index (χ0n) is 11.0. The molecule has 1 aliphatic heterocycles. The number of amides is 1. The molecule has 1 amide bonds. The molecule has 5 heteroatoms. The molecule has 1 aromatic carbocycles. The number of rotatable bonds is 4. The van der Waals surface area contributed by atoms with Gasteiger partial charge in [0.1, 0.15) is 5.82 Å². The van der Waals surface area contributed by atoms with Crippen LogP contribution in [0.2, 0.25) is 0 Å². The van der Waals surface area contributed by atoms with Gasteiger partial charge in [-0.1, -0.05) is 0 Å². The molecular formula is C14H19FN3O+. The Morgan fingerprint density at radius 3 is 2.68 bits per heavy atom.